The van der Waals surface area contributed by atoms with E-state index >= 15 is 0 Å². The second-order valence-electron chi connectivity index (χ2n) is 14.0. The third-order valence-corrected chi connectivity index (χ3v) is 10.8. The summed E-state index contributed by atoms with van der Waals surface area (Å²) in [4.78, 5) is 26.8. The van der Waals surface area contributed by atoms with Crippen molar-refractivity contribution in [3.8, 4) is 39.9 Å². The van der Waals surface area contributed by atoms with Gasteiger partial charge in [-0.05, 0) is 25.0 Å². The number of nitrogens with one attached hydrogen (secondary N) is 1. The number of hydrogen-bond donors (Lipinski definition) is 8. The molecule has 4 aliphatic rings. The van der Waals surface area contributed by atoms with Crippen molar-refractivity contribution in [3.05, 3.63) is 65.4 Å². The number of aliphatic carboxylic acids is 1. The lowest BCUT2D eigenvalue weighted by Gasteiger charge is -2.48. The molecule has 8 atom stereocenters. The minimum Gasteiger partial charge on any atom is -0.493 e. The molecule has 0 saturated carbocycles. The van der Waals surface area contributed by atoms with Gasteiger partial charge in [0, 0.05) is 51.0 Å². The molecule has 1 saturated heterocycles. The largest absolute Gasteiger partial charge is 0.493 e. The number of hydrogen-bond acceptors (Lipinski definition) is 15. The number of aliphatic hydroxyl groups excluding tert-OH is 3. The summed E-state index contributed by atoms with van der Waals surface area (Å²) < 4.78 is 42.5. The van der Waals surface area contributed by atoms with Crippen molar-refractivity contribution >= 4 is 22.8 Å². The number of ether oxygens (including phenoxy) is 7. The summed E-state index contributed by atoms with van der Waals surface area (Å²) in [5.74, 6) is -1.06. The summed E-state index contributed by atoms with van der Waals surface area (Å²) in [6.45, 7) is -0.000953. The number of para-hydroxylation sites is 1. The zero-order valence-electron chi connectivity index (χ0n) is 29.5. The Morgan fingerprint density at radius 1 is 1.11 bits per heavy atom. The molecule has 10 N–H and O–H groups in total. The second kappa shape index (κ2) is 14.2. The molecule has 55 heavy (non-hydrogen) atoms. The van der Waals surface area contributed by atoms with Crippen LogP contribution < -0.4 is 35.2 Å². The summed E-state index contributed by atoms with van der Waals surface area (Å²) in [6.07, 6.45) is -10.0. The summed E-state index contributed by atoms with van der Waals surface area (Å²) in [5, 5.41) is 54.4. The Labute approximate surface area is 313 Å². The topological polar surface area (TPSA) is 268 Å². The number of aromatic nitrogens is 1. The van der Waals surface area contributed by atoms with Crippen LogP contribution in [-0.4, -0.2) is 112 Å². The number of carboxylic acids is 1. The third kappa shape index (κ3) is 6.08. The highest BCUT2D eigenvalue weighted by atomic mass is 16.7. The van der Waals surface area contributed by atoms with Gasteiger partial charge >= 0.3 is 11.9 Å². The number of benzene rings is 3. The van der Waals surface area contributed by atoms with Crippen LogP contribution in [0.4, 0.5) is 0 Å². The highest BCUT2D eigenvalue weighted by molar-refractivity contribution is 5.98. The fraction of sp³-hybridized carbons (Fsp3) is 0.421. The highest BCUT2D eigenvalue weighted by Gasteiger charge is 2.60. The minimum atomic E-state index is -2.21. The van der Waals surface area contributed by atoms with Crippen LogP contribution in [0.15, 0.2) is 48.7 Å². The van der Waals surface area contributed by atoms with Crippen molar-refractivity contribution in [2.75, 3.05) is 26.9 Å². The molecule has 17 nitrogen and oxygen atoms in total. The second-order valence-corrected chi connectivity index (χ2v) is 14.0. The number of H-pyrrole nitrogens is 1. The van der Waals surface area contributed by atoms with Crippen molar-refractivity contribution in [3.63, 3.8) is 0 Å². The molecular formula is C38H41N3O14. The summed E-state index contributed by atoms with van der Waals surface area (Å²) in [6, 6.07) is 13.1. The van der Waals surface area contributed by atoms with Crippen LogP contribution in [0.1, 0.15) is 41.6 Å². The predicted molar refractivity (Wildman–Crippen MR) is 190 cm³/mol. The Kier molecular flexibility index (Phi) is 9.49. The number of methoxy groups -OCH3 is 1. The molecule has 1 aromatic heterocycles. The number of aliphatic hydroxyl groups is 4. The molecule has 0 spiro atoms. The maximum atomic E-state index is 12.3. The lowest BCUT2D eigenvalue weighted by atomic mass is 9.79. The zero-order valence-corrected chi connectivity index (χ0v) is 29.5. The molecule has 0 aliphatic carbocycles. The standard InChI is InChI=1S/C38H41N3O14/c1-49-22-7-6-17-20-15-51-24-12-23-18(8-9-38(48)35(47)29(46)33(55-37(38)52-23)34(36(39)40)53-26(45)13-25(43)44)27(19-14-41-21-5-3-2-4-16(19)21)28(24)30(20)54-31(17)32(22)50-11-10-42/h2-7,12,14,20,29-30,33-37,41-42,46-48H,8-11,13,15,39-40H2,1H3,(H,43,44)/t20-,29+,30+,33-,34-,35-,37+,38+/m0/s1. The number of aromatic amines is 1. The molecule has 0 bridgehead atoms. The Hall–Kier alpha value is -5.14. The molecule has 4 aromatic rings. The molecule has 0 amide bonds. The first kappa shape index (κ1) is 36.8. The third-order valence-electron chi connectivity index (χ3n) is 10.8. The van der Waals surface area contributed by atoms with Crippen molar-refractivity contribution in [1.29, 1.82) is 0 Å². The number of nitrogens with two attached hydrogens (primary N) is 2. The van der Waals surface area contributed by atoms with Crippen molar-refractivity contribution in [1.82, 2.24) is 4.98 Å². The fourth-order valence-electron chi connectivity index (χ4n) is 8.19. The molecule has 292 valence electrons. The van der Waals surface area contributed by atoms with Gasteiger partial charge in [0.1, 0.15) is 48.9 Å². The van der Waals surface area contributed by atoms with Gasteiger partial charge in [0.15, 0.2) is 23.2 Å². The van der Waals surface area contributed by atoms with Gasteiger partial charge in [-0.3, -0.25) is 9.59 Å². The molecule has 1 fully saturated rings. The van der Waals surface area contributed by atoms with E-state index in [9.17, 15) is 30.0 Å². The Morgan fingerprint density at radius 3 is 2.65 bits per heavy atom. The number of rotatable bonds is 10. The van der Waals surface area contributed by atoms with Gasteiger partial charge in [0.2, 0.25) is 12.0 Å². The van der Waals surface area contributed by atoms with Gasteiger partial charge in [0.05, 0.1) is 32.4 Å². The summed E-state index contributed by atoms with van der Waals surface area (Å²) >= 11 is 0. The number of carbonyl (C=O) groups is 2. The van der Waals surface area contributed by atoms with Crippen LogP contribution in [0.5, 0.6) is 28.7 Å². The van der Waals surface area contributed by atoms with Gasteiger partial charge in [-0.25, -0.2) is 0 Å². The zero-order chi connectivity index (χ0) is 38.8. The van der Waals surface area contributed by atoms with Crippen LogP contribution >= 0.6 is 0 Å². The molecule has 0 unspecified atom stereocenters. The molecule has 0 radical (unpaired) electrons. The number of carboxylic acid groups (broad SMARTS) is 1. The average Bonchev–Trinajstić information content (AvgIpc) is 3.73. The van der Waals surface area contributed by atoms with E-state index in [1.807, 2.05) is 36.5 Å². The van der Waals surface area contributed by atoms with E-state index in [0.717, 1.165) is 22.0 Å². The van der Waals surface area contributed by atoms with Crippen LogP contribution in [0.2, 0.25) is 0 Å². The highest BCUT2D eigenvalue weighted by Crippen LogP contribution is 2.60. The van der Waals surface area contributed by atoms with E-state index in [-0.39, 0.29) is 44.3 Å². The van der Waals surface area contributed by atoms with Crippen LogP contribution in [-0.2, 0) is 25.5 Å². The fourth-order valence-corrected chi connectivity index (χ4v) is 8.19. The van der Waals surface area contributed by atoms with Gasteiger partial charge < -0.3 is 75.1 Å². The van der Waals surface area contributed by atoms with E-state index in [1.54, 1.807) is 12.1 Å². The number of esters is 1. The van der Waals surface area contributed by atoms with Crippen LogP contribution in [0.3, 0.4) is 0 Å². The Bertz CT molecular complexity index is 2140. The van der Waals surface area contributed by atoms with E-state index in [4.69, 9.17) is 49.7 Å². The first-order valence-corrected chi connectivity index (χ1v) is 17.8. The lowest BCUT2D eigenvalue weighted by Crippen LogP contribution is -2.71. The first-order chi connectivity index (χ1) is 26.4. The van der Waals surface area contributed by atoms with E-state index < -0.39 is 66.9 Å². The minimum absolute atomic E-state index is 0.0142. The van der Waals surface area contributed by atoms with Gasteiger partial charge in [0.25, 0.3) is 0 Å². The SMILES string of the molecule is COc1ccc2c(c1OCCO)O[C@H]1c3c(cc4c(c3-c3c[nH]c5ccccc35)CC[C@]3(O)[C@H](O4)O[C@H]([C@H](OC(=O)CC(=O)O)C(N)N)[C@@H](O)[C@@H]3O)OC[C@@H]21. The van der Waals surface area contributed by atoms with E-state index in [0.29, 0.717) is 39.7 Å². The number of carbonyl (C=O) groups excluding carboxylic acids is 1. The quantitative estimate of drug-likeness (QED) is 0.0635. The molecule has 3 aromatic carbocycles. The maximum absolute atomic E-state index is 12.3. The van der Waals surface area contributed by atoms with Crippen molar-refractivity contribution < 1.29 is 68.3 Å². The molecule has 5 heterocycles. The van der Waals surface area contributed by atoms with Crippen molar-refractivity contribution in [2.45, 2.75) is 73.8 Å². The first-order valence-electron chi connectivity index (χ1n) is 17.8. The summed E-state index contributed by atoms with van der Waals surface area (Å²) in [7, 11) is 1.52. The number of fused-ring (bicyclic) bond motifs is 8. The Balaban J connectivity index is 1.24. The predicted octanol–water partition coefficient (Wildman–Crippen LogP) is 0.957. The van der Waals surface area contributed by atoms with Gasteiger partial charge in [-0.2, -0.15) is 0 Å². The van der Waals surface area contributed by atoms with Crippen LogP contribution in [0, 0.1) is 0 Å². The van der Waals surface area contributed by atoms with E-state index in [2.05, 4.69) is 4.98 Å². The molecular weight excluding hydrogens is 722 g/mol. The normalized spacial score (nSPS) is 26.8. The monoisotopic (exact) mass is 763 g/mol. The molecule has 17 heteroatoms. The van der Waals surface area contributed by atoms with Crippen molar-refractivity contribution in [2.24, 2.45) is 11.5 Å². The molecule has 8 rings (SSSR count). The molecule has 4 aliphatic heterocycles. The lowest BCUT2D eigenvalue weighted by molar-refractivity contribution is -0.329. The average molecular weight is 764 g/mol. The van der Waals surface area contributed by atoms with Crippen LogP contribution in [0.25, 0.3) is 22.0 Å². The summed E-state index contributed by atoms with van der Waals surface area (Å²) in [5.41, 5.74) is 14.1. The smallest absolute Gasteiger partial charge is 0.317 e. The van der Waals surface area contributed by atoms with Gasteiger partial charge in [-0.15, -0.1) is 0 Å². The Morgan fingerprint density at radius 2 is 1.91 bits per heavy atom. The maximum Gasteiger partial charge on any atom is 0.317 e. The van der Waals surface area contributed by atoms with Gasteiger partial charge in [-0.1, -0.05) is 24.3 Å². The van der Waals surface area contributed by atoms with E-state index in [1.165, 1.54) is 7.11 Å².